The minimum Gasteiger partial charge on any atom is -0.302 e. The first-order valence-electron chi connectivity index (χ1n) is 4.71. The van der Waals surface area contributed by atoms with Crippen LogP contribution in [0.5, 0.6) is 0 Å². The van der Waals surface area contributed by atoms with Crippen molar-refractivity contribution in [2.45, 2.75) is 13.0 Å². The van der Waals surface area contributed by atoms with Crippen molar-refractivity contribution < 1.29 is 0 Å². The molecule has 1 nitrogen and oxygen atoms in total. The van der Waals surface area contributed by atoms with E-state index in [2.05, 4.69) is 33.9 Å². The second-order valence-corrected chi connectivity index (χ2v) is 4.64. The Morgan fingerprint density at radius 1 is 1.43 bits per heavy atom. The lowest BCUT2D eigenvalue weighted by Gasteiger charge is -2.15. The molecule has 0 aliphatic rings. The summed E-state index contributed by atoms with van der Waals surface area (Å²) >= 11 is 9.33. The minimum absolute atomic E-state index is 0.816. The van der Waals surface area contributed by atoms with E-state index in [0.29, 0.717) is 0 Å². The first-order chi connectivity index (χ1) is 6.72. The third-order valence-electron chi connectivity index (χ3n) is 2.01. The van der Waals surface area contributed by atoms with Gasteiger partial charge in [-0.15, -0.1) is 0 Å². The summed E-state index contributed by atoms with van der Waals surface area (Å²) in [5, 5.41) is 1.88. The van der Waals surface area contributed by atoms with E-state index < -0.39 is 0 Å². The number of halogens is 2. The molecule has 0 amide bonds. The lowest BCUT2D eigenvalue weighted by molar-refractivity contribution is 0.329. The van der Waals surface area contributed by atoms with Crippen LogP contribution in [0, 0.1) is 0 Å². The molecule has 0 heterocycles. The van der Waals surface area contributed by atoms with Crippen molar-refractivity contribution >= 4 is 27.5 Å². The van der Waals surface area contributed by atoms with Crippen LogP contribution < -0.4 is 0 Å². The highest BCUT2D eigenvalue weighted by molar-refractivity contribution is 9.09. The van der Waals surface area contributed by atoms with E-state index in [1.165, 1.54) is 12.0 Å². The van der Waals surface area contributed by atoms with Gasteiger partial charge in [-0.1, -0.05) is 39.7 Å². The average molecular weight is 277 g/mol. The van der Waals surface area contributed by atoms with Gasteiger partial charge in [-0.2, -0.15) is 0 Å². The zero-order valence-corrected chi connectivity index (χ0v) is 10.7. The first kappa shape index (κ1) is 12.0. The molecule has 0 aliphatic heterocycles. The largest absolute Gasteiger partial charge is 0.302 e. The molecule has 0 bridgehead atoms. The van der Waals surface area contributed by atoms with Crippen LogP contribution in [0.3, 0.4) is 0 Å². The molecule has 0 saturated carbocycles. The number of hydrogen-bond donors (Lipinski definition) is 0. The fourth-order valence-electron chi connectivity index (χ4n) is 1.36. The molecule has 1 aromatic carbocycles. The van der Waals surface area contributed by atoms with Crippen LogP contribution in [-0.4, -0.2) is 23.8 Å². The summed E-state index contributed by atoms with van der Waals surface area (Å²) in [7, 11) is 2.13. The highest BCUT2D eigenvalue weighted by Gasteiger charge is 1.99. The molecule has 0 atom stereocenters. The van der Waals surface area contributed by atoms with E-state index >= 15 is 0 Å². The summed E-state index contributed by atoms with van der Waals surface area (Å²) in [6, 6.07) is 8.03. The molecule has 1 rings (SSSR count). The van der Waals surface area contributed by atoms with Gasteiger partial charge in [-0.25, -0.2) is 0 Å². The van der Waals surface area contributed by atoms with Crippen molar-refractivity contribution in [1.29, 1.82) is 0 Å². The van der Waals surface area contributed by atoms with E-state index in [-0.39, 0.29) is 0 Å². The van der Waals surface area contributed by atoms with Gasteiger partial charge >= 0.3 is 0 Å². The predicted octanol–water partition coefficient (Wildman–Crippen LogP) is 3.56. The molecule has 0 fully saturated rings. The van der Waals surface area contributed by atoms with E-state index in [0.717, 1.165) is 23.4 Å². The van der Waals surface area contributed by atoms with Crippen molar-refractivity contribution in [3.8, 4) is 0 Å². The summed E-state index contributed by atoms with van der Waals surface area (Å²) in [5.74, 6) is 0. The Bertz CT molecular complexity index is 278. The van der Waals surface area contributed by atoms with Crippen molar-refractivity contribution in [1.82, 2.24) is 4.90 Å². The highest BCUT2D eigenvalue weighted by atomic mass is 79.9. The van der Waals surface area contributed by atoms with Crippen LogP contribution in [0.1, 0.15) is 12.0 Å². The van der Waals surface area contributed by atoms with Gasteiger partial charge in [0.15, 0.2) is 0 Å². The summed E-state index contributed by atoms with van der Waals surface area (Å²) in [4.78, 5) is 2.30. The summed E-state index contributed by atoms with van der Waals surface area (Å²) < 4.78 is 0. The quantitative estimate of drug-likeness (QED) is 0.743. The molecular formula is C11H15BrClN. The van der Waals surface area contributed by atoms with Gasteiger partial charge < -0.3 is 4.90 Å². The normalized spacial score (nSPS) is 10.9. The Labute approximate surface area is 99.2 Å². The molecule has 0 aromatic heterocycles. The minimum atomic E-state index is 0.816. The van der Waals surface area contributed by atoms with Crippen molar-refractivity contribution in [3.63, 3.8) is 0 Å². The van der Waals surface area contributed by atoms with E-state index in [1.54, 1.807) is 0 Å². The van der Waals surface area contributed by atoms with Crippen LogP contribution in [0.2, 0.25) is 5.02 Å². The van der Waals surface area contributed by atoms with Crippen molar-refractivity contribution in [2.75, 3.05) is 18.9 Å². The fourth-order valence-corrected chi connectivity index (χ4v) is 1.82. The molecule has 0 aliphatic carbocycles. The maximum Gasteiger partial charge on any atom is 0.0409 e. The monoisotopic (exact) mass is 275 g/mol. The van der Waals surface area contributed by atoms with Crippen LogP contribution in [0.15, 0.2) is 24.3 Å². The lowest BCUT2D eigenvalue weighted by atomic mass is 10.2. The Balaban J connectivity index is 2.43. The highest BCUT2D eigenvalue weighted by Crippen LogP contribution is 2.12. The lowest BCUT2D eigenvalue weighted by Crippen LogP contribution is -2.19. The van der Waals surface area contributed by atoms with Gasteiger partial charge in [0.1, 0.15) is 0 Å². The molecule has 0 spiro atoms. The predicted molar refractivity (Wildman–Crippen MR) is 66.2 cm³/mol. The average Bonchev–Trinajstić information content (AvgIpc) is 2.15. The first-order valence-corrected chi connectivity index (χ1v) is 6.21. The second kappa shape index (κ2) is 6.44. The van der Waals surface area contributed by atoms with E-state index in [1.807, 2.05) is 18.2 Å². The molecule has 0 N–H and O–H groups in total. The van der Waals surface area contributed by atoms with Crippen LogP contribution in [-0.2, 0) is 6.54 Å². The Kier molecular flexibility index (Phi) is 5.53. The van der Waals surface area contributed by atoms with E-state index in [4.69, 9.17) is 11.6 Å². The van der Waals surface area contributed by atoms with Gasteiger partial charge in [0.2, 0.25) is 0 Å². The molecule has 3 heteroatoms. The molecule has 1 aromatic rings. The number of alkyl halides is 1. The molecule has 0 radical (unpaired) electrons. The maximum absolute atomic E-state index is 5.91. The number of rotatable bonds is 5. The van der Waals surface area contributed by atoms with Crippen molar-refractivity contribution in [2.24, 2.45) is 0 Å². The molecular weight excluding hydrogens is 261 g/mol. The summed E-state index contributed by atoms with van der Waals surface area (Å²) in [5.41, 5.74) is 1.27. The second-order valence-electron chi connectivity index (χ2n) is 3.41. The Morgan fingerprint density at radius 3 is 2.86 bits per heavy atom. The third-order valence-corrected chi connectivity index (χ3v) is 2.81. The van der Waals surface area contributed by atoms with E-state index in [9.17, 15) is 0 Å². The van der Waals surface area contributed by atoms with Crippen molar-refractivity contribution in [3.05, 3.63) is 34.9 Å². The molecule has 0 saturated heterocycles. The summed E-state index contributed by atoms with van der Waals surface area (Å²) in [6.45, 7) is 2.07. The Morgan fingerprint density at radius 2 is 2.21 bits per heavy atom. The number of hydrogen-bond acceptors (Lipinski definition) is 1. The van der Waals surface area contributed by atoms with Crippen LogP contribution >= 0.6 is 27.5 Å². The van der Waals surface area contributed by atoms with Gasteiger partial charge in [0.25, 0.3) is 0 Å². The SMILES string of the molecule is CN(CCCBr)Cc1cccc(Cl)c1. The molecule has 78 valence electrons. The number of nitrogens with zero attached hydrogens (tertiary/aromatic N) is 1. The third kappa shape index (κ3) is 4.45. The Hall–Kier alpha value is -0.0500. The summed E-state index contributed by atoms with van der Waals surface area (Å²) in [6.07, 6.45) is 1.18. The topological polar surface area (TPSA) is 3.24 Å². The molecule has 0 unspecified atom stereocenters. The zero-order chi connectivity index (χ0) is 10.4. The fraction of sp³-hybridized carbons (Fsp3) is 0.455. The van der Waals surface area contributed by atoms with Crippen LogP contribution in [0.25, 0.3) is 0 Å². The standard InChI is InChI=1S/C11H15BrClN/c1-14(7-3-6-12)9-10-4-2-5-11(13)8-10/h2,4-5,8H,3,6-7,9H2,1H3. The smallest absolute Gasteiger partial charge is 0.0409 e. The zero-order valence-electron chi connectivity index (χ0n) is 8.34. The van der Waals surface area contributed by atoms with Crippen LogP contribution in [0.4, 0.5) is 0 Å². The number of benzene rings is 1. The van der Waals surface area contributed by atoms with Gasteiger partial charge in [0, 0.05) is 16.9 Å². The molecule has 14 heavy (non-hydrogen) atoms. The maximum atomic E-state index is 5.91. The van der Waals surface area contributed by atoms with Gasteiger partial charge in [-0.05, 0) is 37.7 Å². The van der Waals surface area contributed by atoms with Gasteiger partial charge in [0.05, 0.1) is 0 Å². The van der Waals surface area contributed by atoms with Gasteiger partial charge in [-0.3, -0.25) is 0 Å².